The second-order valence-electron chi connectivity index (χ2n) is 7.77. The summed E-state index contributed by atoms with van der Waals surface area (Å²) in [7, 11) is 1.65. The summed E-state index contributed by atoms with van der Waals surface area (Å²) in [4.78, 5) is 21.3. The first kappa shape index (κ1) is 20.6. The van der Waals surface area contributed by atoms with Gasteiger partial charge in [0.05, 0.1) is 29.2 Å². The van der Waals surface area contributed by atoms with Crippen LogP contribution in [0, 0.1) is 0 Å². The van der Waals surface area contributed by atoms with Crippen molar-refractivity contribution in [2.75, 3.05) is 12.4 Å². The number of imidazole rings is 1. The second-order valence-corrected chi connectivity index (χ2v) is 9.62. The van der Waals surface area contributed by atoms with Gasteiger partial charge in [0, 0.05) is 11.0 Å². The van der Waals surface area contributed by atoms with Gasteiger partial charge >= 0.3 is 6.09 Å². The number of hydrogen-bond acceptors (Lipinski definition) is 6. The number of ether oxygens (including phenoxy) is 2. The van der Waals surface area contributed by atoms with Gasteiger partial charge in [-0.2, -0.15) is 0 Å². The summed E-state index contributed by atoms with van der Waals surface area (Å²) in [6, 6.07) is 9.86. The summed E-state index contributed by atoms with van der Waals surface area (Å²) < 4.78 is 14.5. The molecule has 0 aliphatic carbocycles. The van der Waals surface area contributed by atoms with Crippen LogP contribution in [0.15, 0.2) is 41.1 Å². The Balaban J connectivity index is 1.71. The maximum atomic E-state index is 12.1. The average Bonchev–Trinajstić information content (AvgIpc) is 3.25. The molecule has 0 saturated carbocycles. The van der Waals surface area contributed by atoms with Crippen LogP contribution in [0.2, 0.25) is 0 Å². The van der Waals surface area contributed by atoms with Gasteiger partial charge in [-0.15, -0.1) is 0 Å². The van der Waals surface area contributed by atoms with Gasteiger partial charge in [-0.05, 0) is 60.5 Å². The molecule has 0 spiro atoms. The maximum Gasteiger partial charge on any atom is 0.413 e. The number of rotatable bonds is 4. The molecule has 2 heterocycles. The summed E-state index contributed by atoms with van der Waals surface area (Å²) in [5, 5.41) is 3.22. The first-order chi connectivity index (χ1) is 14.2. The predicted octanol–water partition coefficient (Wildman–Crippen LogP) is 5.81. The molecule has 0 atom stereocenters. The monoisotopic (exact) mass is 488 g/mol. The summed E-state index contributed by atoms with van der Waals surface area (Å²) >= 11 is 5.00. The summed E-state index contributed by atoms with van der Waals surface area (Å²) in [5.74, 6) is 0.819. The van der Waals surface area contributed by atoms with E-state index < -0.39 is 11.7 Å². The third-order valence-electron chi connectivity index (χ3n) is 4.32. The van der Waals surface area contributed by atoms with Crippen LogP contribution in [0.25, 0.3) is 21.3 Å². The van der Waals surface area contributed by atoms with E-state index in [-0.39, 0.29) is 0 Å². The van der Waals surface area contributed by atoms with Gasteiger partial charge in [-0.3, -0.25) is 5.32 Å². The van der Waals surface area contributed by atoms with Gasteiger partial charge in [0.1, 0.15) is 16.9 Å². The Kier molecular flexibility index (Phi) is 5.42. The SMILES string of the molecule is COc1ccc(Cn2cnc3c(Br)cc4nc(NC(=O)OC(C)(C)C)sc4c32)cc1. The molecule has 156 valence electrons. The molecule has 9 heteroatoms. The van der Waals surface area contributed by atoms with Gasteiger partial charge in [-0.25, -0.2) is 14.8 Å². The van der Waals surface area contributed by atoms with Gasteiger partial charge < -0.3 is 14.0 Å². The molecule has 0 bridgehead atoms. The first-order valence-corrected chi connectivity index (χ1v) is 10.9. The molecule has 0 radical (unpaired) electrons. The van der Waals surface area contributed by atoms with E-state index in [2.05, 4.69) is 35.8 Å². The van der Waals surface area contributed by atoms with Gasteiger partial charge in [0.2, 0.25) is 0 Å². The average molecular weight is 489 g/mol. The number of carbonyl (C=O) groups is 1. The minimum atomic E-state index is -0.575. The van der Waals surface area contributed by atoms with Crippen molar-refractivity contribution in [1.29, 1.82) is 0 Å². The van der Waals surface area contributed by atoms with Gasteiger partial charge in [0.15, 0.2) is 5.13 Å². The summed E-state index contributed by atoms with van der Waals surface area (Å²) in [6.07, 6.45) is 1.29. The molecule has 1 amide bonds. The highest BCUT2D eigenvalue weighted by Crippen LogP contribution is 2.37. The summed E-state index contributed by atoms with van der Waals surface area (Å²) in [6.45, 7) is 6.12. The number of amides is 1. The van der Waals surface area contributed by atoms with Crippen LogP contribution in [0.4, 0.5) is 9.93 Å². The Morgan fingerprint density at radius 1 is 1.27 bits per heavy atom. The molecular weight excluding hydrogens is 468 g/mol. The lowest BCUT2D eigenvalue weighted by Crippen LogP contribution is -2.27. The fraction of sp³-hybridized carbons (Fsp3) is 0.286. The minimum Gasteiger partial charge on any atom is -0.497 e. The largest absolute Gasteiger partial charge is 0.497 e. The number of anilines is 1. The number of halogens is 1. The predicted molar refractivity (Wildman–Crippen MR) is 123 cm³/mol. The third kappa shape index (κ3) is 4.27. The zero-order valence-electron chi connectivity index (χ0n) is 17.0. The Morgan fingerprint density at radius 3 is 2.67 bits per heavy atom. The zero-order valence-corrected chi connectivity index (χ0v) is 19.4. The maximum absolute atomic E-state index is 12.1. The van der Waals surface area contributed by atoms with Crippen molar-refractivity contribution in [3.63, 3.8) is 0 Å². The van der Waals surface area contributed by atoms with E-state index >= 15 is 0 Å². The number of benzene rings is 2. The molecule has 4 aromatic rings. The smallest absolute Gasteiger partial charge is 0.413 e. The van der Waals surface area contributed by atoms with Crippen LogP contribution in [-0.4, -0.2) is 33.3 Å². The number of carbonyl (C=O) groups excluding carboxylic acids is 1. The van der Waals surface area contributed by atoms with Crippen LogP contribution >= 0.6 is 27.3 Å². The van der Waals surface area contributed by atoms with Crippen molar-refractivity contribution in [2.45, 2.75) is 32.9 Å². The molecule has 4 rings (SSSR count). The van der Waals surface area contributed by atoms with Crippen LogP contribution in [0.1, 0.15) is 26.3 Å². The quantitative estimate of drug-likeness (QED) is 0.391. The number of nitrogens with one attached hydrogen (secondary N) is 1. The van der Waals surface area contributed by atoms with Crippen LogP contribution < -0.4 is 10.1 Å². The molecule has 0 fully saturated rings. The molecule has 0 saturated heterocycles. The van der Waals surface area contributed by atoms with Crippen molar-refractivity contribution >= 4 is 59.7 Å². The Hall–Kier alpha value is -2.65. The van der Waals surface area contributed by atoms with Crippen molar-refractivity contribution in [3.05, 3.63) is 46.7 Å². The standard InChI is InChI=1S/C21H21BrN4O3S/c1-21(2,3)29-20(27)25-19-24-15-9-14(22)16-17(18(15)30-19)26(11-23-16)10-12-5-7-13(28-4)8-6-12/h5-9,11H,10H2,1-4H3,(H,24,25,27). The zero-order chi connectivity index (χ0) is 21.5. The van der Waals surface area contributed by atoms with E-state index in [4.69, 9.17) is 9.47 Å². The fourth-order valence-electron chi connectivity index (χ4n) is 3.07. The van der Waals surface area contributed by atoms with Crippen molar-refractivity contribution < 1.29 is 14.3 Å². The normalized spacial score (nSPS) is 11.8. The Morgan fingerprint density at radius 2 is 2.00 bits per heavy atom. The summed E-state index contributed by atoms with van der Waals surface area (Å²) in [5.41, 5.74) is 3.14. The van der Waals surface area contributed by atoms with Crippen molar-refractivity contribution in [1.82, 2.24) is 14.5 Å². The number of nitrogens with zero attached hydrogens (tertiary/aromatic N) is 3. The Bertz CT molecular complexity index is 1230. The number of methoxy groups -OCH3 is 1. The molecular formula is C21H21BrN4O3S. The molecule has 2 aromatic heterocycles. The van der Waals surface area contributed by atoms with Crippen LogP contribution in [0.5, 0.6) is 5.75 Å². The van der Waals surface area contributed by atoms with E-state index in [0.29, 0.717) is 11.7 Å². The van der Waals surface area contributed by atoms with E-state index in [1.165, 1.54) is 11.3 Å². The number of fused-ring (bicyclic) bond motifs is 3. The highest BCUT2D eigenvalue weighted by atomic mass is 79.9. The van der Waals surface area contributed by atoms with E-state index in [9.17, 15) is 4.79 Å². The van der Waals surface area contributed by atoms with Gasteiger partial charge in [0.25, 0.3) is 0 Å². The number of thiazole rings is 1. The highest BCUT2D eigenvalue weighted by Gasteiger charge is 2.20. The Labute approximate surface area is 186 Å². The fourth-order valence-corrected chi connectivity index (χ4v) is 4.57. The highest BCUT2D eigenvalue weighted by molar-refractivity contribution is 9.10. The van der Waals surface area contributed by atoms with Crippen LogP contribution in [0.3, 0.4) is 0 Å². The topological polar surface area (TPSA) is 78.3 Å². The molecule has 2 aromatic carbocycles. The van der Waals surface area contributed by atoms with E-state index in [1.807, 2.05) is 57.4 Å². The lowest BCUT2D eigenvalue weighted by Gasteiger charge is -2.18. The lowest BCUT2D eigenvalue weighted by molar-refractivity contribution is 0.0636. The van der Waals surface area contributed by atoms with E-state index in [1.54, 1.807) is 7.11 Å². The number of aromatic nitrogens is 3. The molecule has 0 aliphatic heterocycles. The molecule has 7 nitrogen and oxygen atoms in total. The molecule has 1 N–H and O–H groups in total. The van der Waals surface area contributed by atoms with Crippen LogP contribution in [-0.2, 0) is 11.3 Å². The molecule has 30 heavy (non-hydrogen) atoms. The molecule has 0 aliphatic rings. The second kappa shape index (κ2) is 7.88. The first-order valence-electron chi connectivity index (χ1n) is 9.30. The third-order valence-corrected chi connectivity index (χ3v) is 5.91. The molecule has 0 unspecified atom stereocenters. The van der Waals surface area contributed by atoms with Crippen molar-refractivity contribution in [2.24, 2.45) is 0 Å². The van der Waals surface area contributed by atoms with Gasteiger partial charge in [-0.1, -0.05) is 23.5 Å². The minimum absolute atomic E-state index is 0.482. The number of hydrogen-bond donors (Lipinski definition) is 1. The van der Waals surface area contributed by atoms with E-state index in [0.717, 1.165) is 37.0 Å². The van der Waals surface area contributed by atoms with Crippen molar-refractivity contribution in [3.8, 4) is 5.75 Å². The lowest BCUT2D eigenvalue weighted by atomic mass is 10.2.